The maximum absolute atomic E-state index is 12.5. The van der Waals surface area contributed by atoms with Crippen LogP contribution >= 0.6 is 12.0 Å². The Morgan fingerprint density at radius 3 is 2.41 bits per heavy atom. The van der Waals surface area contributed by atoms with E-state index >= 15 is 0 Å². The Morgan fingerprint density at radius 2 is 1.85 bits per heavy atom. The third-order valence-corrected chi connectivity index (χ3v) is 6.87. The molecule has 27 heavy (non-hydrogen) atoms. The Hall–Kier alpha value is -1.68. The third-order valence-electron chi connectivity index (χ3n) is 6.22. The zero-order valence-electron chi connectivity index (χ0n) is 14.7. The van der Waals surface area contributed by atoms with Crippen LogP contribution in [-0.4, -0.2) is 22.8 Å². The minimum atomic E-state index is -0.626. The van der Waals surface area contributed by atoms with E-state index in [2.05, 4.69) is 9.37 Å². The van der Waals surface area contributed by atoms with Crippen molar-refractivity contribution in [1.29, 1.82) is 0 Å². The first-order valence-corrected chi connectivity index (χ1v) is 9.82. The van der Waals surface area contributed by atoms with Gasteiger partial charge < -0.3 is 4.74 Å². The topological polar surface area (TPSA) is 108 Å². The number of carbonyl (C=O) groups excluding carboxylic acids is 1. The fourth-order valence-corrected chi connectivity index (χ4v) is 6.12. The number of hydrogen-bond donors (Lipinski definition) is 1. The molecule has 4 saturated carbocycles. The molecule has 1 aromatic rings. The number of nitro groups is 1. The van der Waals surface area contributed by atoms with E-state index in [4.69, 9.17) is 9.99 Å². The average molecular weight is 395 g/mol. The van der Waals surface area contributed by atoms with Gasteiger partial charge in [0.15, 0.2) is 0 Å². The van der Waals surface area contributed by atoms with Crippen LogP contribution in [0.4, 0.5) is 5.69 Å². The molecular formula is C18H21NO7S. The van der Waals surface area contributed by atoms with Crippen LogP contribution in [-0.2, 0) is 14.1 Å². The highest BCUT2D eigenvalue weighted by molar-refractivity contribution is 7.94. The highest BCUT2D eigenvalue weighted by Gasteiger charge is 2.51. The van der Waals surface area contributed by atoms with Gasteiger partial charge in [-0.1, -0.05) is 5.04 Å². The lowest BCUT2D eigenvalue weighted by atomic mass is 9.50. The molecule has 9 heteroatoms. The molecule has 146 valence electrons. The minimum Gasteiger partial charge on any atom is -0.462 e. The first-order valence-electron chi connectivity index (χ1n) is 9.08. The van der Waals surface area contributed by atoms with E-state index in [1.807, 2.05) is 0 Å². The maximum Gasteiger partial charge on any atom is 0.338 e. The SMILES string of the molecule is O=C(OCC12CC3CC(CC(C3)C1)C2)c1ccc(SOOO)c([N+](=O)[O-])c1. The predicted octanol–water partition coefficient (Wildman–Crippen LogP) is 4.40. The first-order chi connectivity index (χ1) is 13.0. The molecule has 0 spiro atoms. The molecule has 8 nitrogen and oxygen atoms in total. The van der Waals surface area contributed by atoms with Gasteiger partial charge in [-0.15, -0.1) is 4.33 Å². The maximum atomic E-state index is 12.5. The fraction of sp³-hybridized carbons (Fsp3) is 0.611. The van der Waals surface area contributed by atoms with Crippen molar-refractivity contribution in [1.82, 2.24) is 0 Å². The highest BCUT2D eigenvalue weighted by Crippen LogP contribution is 2.60. The van der Waals surface area contributed by atoms with Crippen molar-refractivity contribution in [3.8, 4) is 0 Å². The summed E-state index contributed by atoms with van der Waals surface area (Å²) in [5, 5.41) is 22.9. The van der Waals surface area contributed by atoms with Crippen LogP contribution in [0, 0.1) is 33.3 Å². The molecule has 4 bridgehead atoms. The average Bonchev–Trinajstić information content (AvgIpc) is 2.63. The van der Waals surface area contributed by atoms with Gasteiger partial charge in [0.1, 0.15) is 4.90 Å². The Balaban J connectivity index is 1.44. The molecular weight excluding hydrogens is 374 g/mol. The highest BCUT2D eigenvalue weighted by atomic mass is 32.2. The summed E-state index contributed by atoms with van der Waals surface area (Å²) in [6.07, 6.45) is 7.33. The van der Waals surface area contributed by atoms with Crippen molar-refractivity contribution in [2.24, 2.45) is 23.2 Å². The number of hydrogen-bond acceptors (Lipinski definition) is 8. The summed E-state index contributed by atoms with van der Waals surface area (Å²) in [6.45, 7) is 0.390. The fourth-order valence-electron chi connectivity index (χ4n) is 5.68. The van der Waals surface area contributed by atoms with Crippen LogP contribution in [0.1, 0.15) is 48.9 Å². The molecule has 0 amide bonds. The molecule has 4 fully saturated rings. The molecule has 0 atom stereocenters. The largest absolute Gasteiger partial charge is 0.462 e. The van der Waals surface area contributed by atoms with E-state index in [0.717, 1.165) is 43.1 Å². The van der Waals surface area contributed by atoms with Crippen LogP contribution in [0.5, 0.6) is 0 Å². The molecule has 0 radical (unpaired) electrons. The van der Waals surface area contributed by atoms with Crippen molar-refractivity contribution < 1.29 is 29.1 Å². The summed E-state index contributed by atoms with van der Waals surface area (Å²) < 4.78 is 9.85. The van der Waals surface area contributed by atoms with Crippen LogP contribution in [0.15, 0.2) is 23.1 Å². The lowest BCUT2D eigenvalue weighted by molar-refractivity contribution is -0.432. The van der Waals surface area contributed by atoms with Gasteiger partial charge in [-0.3, -0.25) is 10.1 Å². The summed E-state index contributed by atoms with van der Waals surface area (Å²) in [7, 11) is 0. The molecule has 0 aromatic heterocycles. The molecule has 4 aliphatic rings. The van der Waals surface area contributed by atoms with Crippen LogP contribution in [0.3, 0.4) is 0 Å². The van der Waals surface area contributed by atoms with Crippen molar-refractivity contribution in [3.05, 3.63) is 33.9 Å². The molecule has 1 N–H and O–H groups in total. The summed E-state index contributed by atoms with van der Waals surface area (Å²) in [5.41, 5.74) is -0.0969. The van der Waals surface area contributed by atoms with Crippen molar-refractivity contribution in [3.63, 3.8) is 0 Å². The first kappa shape index (κ1) is 18.7. The van der Waals surface area contributed by atoms with Gasteiger partial charge in [-0.2, -0.15) is 0 Å². The summed E-state index contributed by atoms with van der Waals surface area (Å²) in [4.78, 5) is 23.2. The number of esters is 1. The molecule has 0 aliphatic heterocycles. The quantitative estimate of drug-likeness (QED) is 0.238. The van der Waals surface area contributed by atoms with Crippen molar-refractivity contribution in [2.45, 2.75) is 43.4 Å². The van der Waals surface area contributed by atoms with Gasteiger partial charge in [-0.05, 0) is 68.4 Å². The van der Waals surface area contributed by atoms with Gasteiger partial charge in [0.05, 0.1) is 29.1 Å². The van der Waals surface area contributed by atoms with Gasteiger partial charge in [-0.25, -0.2) is 10.1 Å². The molecule has 1 aromatic carbocycles. The summed E-state index contributed by atoms with van der Waals surface area (Å²) in [6, 6.07) is 3.96. The number of nitrogens with zero attached hydrogens (tertiary/aromatic N) is 1. The standard InChI is InChI=1S/C18H21NO7S/c20-17(14-1-2-16(27-26-25-23)15(6-14)19(21)22)24-10-18-7-11-3-12(8-18)5-13(4-11)9-18/h1-2,6,11-13,23H,3-5,7-10H2. The third kappa shape index (κ3) is 3.82. The summed E-state index contributed by atoms with van der Waals surface area (Å²) in [5.74, 6) is 1.74. The van der Waals surface area contributed by atoms with Gasteiger partial charge in [0, 0.05) is 11.5 Å². The number of carbonyl (C=O) groups is 1. The smallest absolute Gasteiger partial charge is 0.338 e. The van der Waals surface area contributed by atoms with E-state index in [9.17, 15) is 14.9 Å². The molecule has 0 saturated heterocycles. The second-order valence-corrected chi connectivity index (χ2v) is 8.90. The van der Waals surface area contributed by atoms with E-state index < -0.39 is 10.9 Å². The minimum absolute atomic E-state index is 0.0957. The van der Waals surface area contributed by atoms with Crippen LogP contribution in [0.2, 0.25) is 0 Å². The number of rotatable bonds is 7. The second kappa shape index (κ2) is 7.38. The van der Waals surface area contributed by atoms with E-state index in [1.54, 1.807) is 0 Å². The number of benzene rings is 1. The monoisotopic (exact) mass is 395 g/mol. The number of nitro benzene ring substituents is 1. The molecule has 0 heterocycles. The lowest BCUT2D eigenvalue weighted by Crippen LogP contribution is -2.48. The van der Waals surface area contributed by atoms with Gasteiger partial charge >= 0.3 is 5.97 Å². The van der Waals surface area contributed by atoms with Crippen molar-refractivity contribution >= 4 is 23.7 Å². The molecule has 5 rings (SSSR count). The Kier molecular flexibility index (Phi) is 5.11. The summed E-state index contributed by atoms with van der Waals surface area (Å²) >= 11 is 0.482. The van der Waals surface area contributed by atoms with E-state index in [0.29, 0.717) is 18.6 Å². The van der Waals surface area contributed by atoms with Gasteiger partial charge in [0.2, 0.25) is 0 Å². The number of ether oxygens (including phenoxy) is 1. The Labute approximate surface area is 160 Å². The van der Waals surface area contributed by atoms with E-state index in [1.165, 1.54) is 31.4 Å². The zero-order valence-corrected chi connectivity index (χ0v) is 15.5. The van der Waals surface area contributed by atoms with Gasteiger partial charge in [0.25, 0.3) is 5.69 Å². The van der Waals surface area contributed by atoms with Crippen molar-refractivity contribution in [2.75, 3.05) is 6.61 Å². The van der Waals surface area contributed by atoms with Crippen LogP contribution < -0.4 is 0 Å². The lowest BCUT2D eigenvalue weighted by Gasteiger charge is -2.56. The zero-order chi connectivity index (χ0) is 19.0. The van der Waals surface area contributed by atoms with E-state index in [-0.39, 0.29) is 21.6 Å². The normalized spacial score (nSPS) is 31.1. The Bertz CT molecular complexity index is 718. The van der Waals surface area contributed by atoms with Crippen LogP contribution in [0.25, 0.3) is 0 Å². The predicted molar refractivity (Wildman–Crippen MR) is 94.6 cm³/mol. The Morgan fingerprint density at radius 1 is 1.22 bits per heavy atom. The molecule has 0 unspecified atom stereocenters. The molecule has 4 aliphatic carbocycles. The second-order valence-electron chi connectivity index (χ2n) is 8.16.